The second-order valence-corrected chi connectivity index (χ2v) is 8.18. The quantitative estimate of drug-likeness (QED) is 0.788. The number of benzene rings is 2. The Morgan fingerprint density at radius 1 is 1.17 bits per heavy atom. The molecule has 1 heterocycles. The maximum atomic E-state index is 13.4. The lowest BCUT2D eigenvalue weighted by Crippen LogP contribution is -2.16. The number of nitrogens with two attached hydrogens (primary N) is 1. The molecule has 1 amide bonds. The Kier molecular flexibility index (Phi) is 3.69. The van der Waals surface area contributed by atoms with Crippen LogP contribution in [0.4, 0.5) is 4.39 Å². The number of carbonyl (C=O) groups excluding carboxylic acids is 1. The number of sulfone groups is 1. The highest BCUT2D eigenvalue weighted by Crippen LogP contribution is 2.38. The summed E-state index contributed by atoms with van der Waals surface area (Å²) in [6.07, 6.45) is 0. The molecule has 3 rings (SSSR count). The van der Waals surface area contributed by atoms with Gasteiger partial charge in [-0.05, 0) is 48.2 Å². The van der Waals surface area contributed by atoms with Crippen LogP contribution in [0.2, 0.25) is 0 Å². The molecule has 0 saturated carbocycles. The van der Waals surface area contributed by atoms with Gasteiger partial charge in [-0.25, -0.2) is 12.8 Å². The topological polar surface area (TPSA) is 77.2 Å². The fourth-order valence-electron chi connectivity index (χ4n) is 2.43. The van der Waals surface area contributed by atoms with Gasteiger partial charge in [-0.15, -0.1) is 11.3 Å². The molecule has 0 radical (unpaired) electrons. The van der Waals surface area contributed by atoms with Crippen LogP contribution in [0.3, 0.4) is 0 Å². The van der Waals surface area contributed by atoms with Crippen molar-refractivity contribution in [2.75, 3.05) is 0 Å². The van der Waals surface area contributed by atoms with Crippen molar-refractivity contribution in [2.45, 2.75) is 16.0 Å². The van der Waals surface area contributed by atoms with Crippen LogP contribution in [0.5, 0.6) is 0 Å². The Labute approximate surface area is 136 Å². The second-order valence-electron chi connectivity index (χ2n) is 5.02. The van der Waals surface area contributed by atoms with Crippen molar-refractivity contribution in [3.63, 3.8) is 0 Å². The van der Waals surface area contributed by atoms with Gasteiger partial charge in [0.25, 0.3) is 0 Å². The second kappa shape index (κ2) is 5.43. The average molecular weight is 349 g/mol. The molecular weight excluding hydrogens is 337 g/mol. The fourth-order valence-corrected chi connectivity index (χ4v) is 5.76. The Hall–Kier alpha value is -2.25. The molecule has 23 heavy (non-hydrogen) atoms. The number of fused-ring (bicyclic) bond motifs is 1. The third-order valence-corrected chi connectivity index (χ3v) is 7.25. The number of thiophene rings is 1. The van der Waals surface area contributed by atoms with Gasteiger partial charge in [0.2, 0.25) is 15.7 Å². The molecule has 0 aliphatic carbocycles. The molecule has 0 aliphatic rings. The molecule has 1 aromatic heterocycles. The lowest BCUT2D eigenvalue weighted by atomic mass is 10.2. The minimum absolute atomic E-state index is 0.0597. The zero-order valence-corrected chi connectivity index (χ0v) is 13.7. The minimum atomic E-state index is -3.92. The van der Waals surface area contributed by atoms with Crippen molar-refractivity contribution < 1.29 is 17.6 Å². The first-order chi connectivity index (χ1) is 10.8. The summed E-state index contributed by atoms with van der Waals surface area (Å²) in [4.78, 5) is 11.4. The minimum Gasteiger partial charge on any atom is -0.366 e. The molecule has 0 aliphatic heterocycles. The lowest BCUT2D eigenvalue weighted by molar-refractivity contribution is 0.0997. The van der Waals surface area contributed by atoms with Crippen molar-refractivity contribution in [1.29, 1.82) is 0 Å². The van der Waals surface area contributed by atoms with Gasteiger partial charge in [0.15, 0.2) is 0 Å². The van der Waals surface area contributed by atoms with Crippen molar-refractivity contribution in [1.82, 2.24) is 0 Å². The molecule has 0 spiro atoms. The predicted octanol–water partition coefficient (Wildman–Crippen LogP) is 3.28. The first kappa shape index (κ1) is 15.6. The van der Waals surface area contributed by atoms with Gasteiger partial charge < -0.3 is 5.73 Å². The molecule has 7 heteroatoms. The summed E-state index contributed by atoms with van der Waals surface area (Å²) < 4.78 is 40.1. The summed E-state index contributed by atoms with van der Waals surface area (Å²) in [6, 6.07) is 9.93. The van der Waals surface area contributed by atoms with Crippen molar-refractivity contribution in [3.8, 4) is 0 Å². The first-order valence-corrected chi connectivity index (χ1v) is 8.95. The van der Waals surface area contributed by atoms with Crippen molar-refractivity contribution >= 4 is 37.2 Å². The van der Waals surface area contributed by atoms with Crippen LogP contribution < -0.4 is 5.73 Å². The van der Waals surface area contributed by atoms with Crippen LogP contribution in [-0.4, -0.2) is 14.3 Å². The van der Waals surface area contributed by atoms with Gasteiger partial charge in [0.1, 0.15) is 10.0 Å². The number of hydrogen-bond acceptors (Lipinski definition) is 4. The van der Waals surface area contributed by atoms with Gasteiger partial charge in [0, 0.05) is 4.70 Å². The maximum Gasteiger partial charge on any atom is 0.250 e. The highest BCUT2D eigenvalue weighted by atomic mass is 32.2. The van der Waals surface area contributed by atoms with E-state index in [0.717, 1.165) is 11.3 Å². The van der Waals surface area contributed by atoms with Crippen molar-refractivity contribution in [2.24, 2.45) is 5.73 Å². The molecule has 0 unspecified atom stereocenters. The maximum absolute atomic E-state index is 13.4. The lowest BCUT2D eigenvalue weighted by Gasteiger charge is -2.07. The van der Waals surface area contributed by atoms with Gasteiger partial charge in [-0.1, -0.05) is 12.1 Å². The zero-order chi connectivity index (χ0) is 16.8. The third-order valence-electron chi connectivity index (χ3n) is 3.54. The van der Waals surface area contributed by atoms with Crippen LogP contribution in [0, 0.1) is 12.7 Å². The summed E-state index contributed by atoms with van der Waals surface area (Å²) in [5.74, 6) is -1.24. The van der Waals surface area contributed by atoms with Gasteiger partial charge in [-0.2, -0.15) is 0 Å². The van der Waals surface area contributed by atoms with Gasteiger partial charge in [-0.3, -0.25) is 4.79 Å². The molecule has 2 aromatic carbocycles. The van der Waals surface area contributed by atoms with E-state index in [1.165, 1.54) is 30.3 Å². The van der Waals surface area contributed by atoms with Crippen LogP contribution in [-0.2, 0) is 9.84 Å². The average Bonchev–Trinajstić information content (AvgIpc) is 2.85. The van der Waals surface area contributed by atoms with Crippen molar-refractivity contribution in [3.05, 3.63) is 59.4 Å². The Bertz CT molecular complexity index is 1040. The molecule has 2 N–H and O–H groups in total. The van der Waals surface area contributed by atoms with E-state index in [1.807, 2.05) is 0 Å². The van der Waals surface area contributed by atoms with E-state index in [1.54, 1.807) is 19.1 Å². The molecule has 0 bridgehead atoms. The van der Waals surface area contributed by atoms with E-state index in [9.17, 15) is 17.6 Å². The highest BCUT2D eigenvalue weighted by Gasteiger charge is 2.27. The first-order valence-electron chi connectivity index (χ1n) is 6.65. The molecule has 3 aromatic rings. The normalized spacial score (nSPS) is 11.7. The summed E-state index contributed by atoms with van der Waals surface area (Å²) in [5.41, 5.74) is 5.67. The SMILES string of the molecule is Cc1c(S(=O)(=O)c2ccccc2C(N)=O)sc2ccc(F)cc12. The van der Waals surface area contributed by atoms with E-state index in [2.05, 4.69) is 0 Å². The Balaban J connectivity index is 2.30. The number of aryl methyl sites for hydroxylation is 1. The summed E-state index contributed by atoms with van der Waals surface area (Å²) in [7, 11) is -3.92. The molecule has 118 valence electrons. The standard InChI is InChI=1S/C16H12FNO3S2/c1-9-12-8-10(17)6-7-13(12)22-16(9)23(20,21)14-5-3-2-4-11(14)15(18)19/h2-8H,1H3,(H2,18,19). The number of primary amides is 1. The third kappa shape index (κ3) is 2.51. The van der Waals surface area contributed by atoms with Crippen LogP contribution >= 0.6 is 11.3 Å². The van der Waals surface area contributed by atoms with E-state index in [0.29, 0.717) is 15.6 Å². The Morgan fingerprint density at radius 3 is 2.57 bits per heavy atom. The number of hydrogen-bond donors (Lipinski definition) is 1. The molecule has 0 atom stereocenters. The number of halogens is 1. The van der Waals surface area contributed by atoms with Gasteiger partial charge in [0.05, 0.1) is 10.5 Å². The van der Waals surface area contributed by atoms with Gasteiger partial charge >= 0.3 is 0 Å². The highest BCUT2D eigenvalue weighted by molar-refractivity contribution is 7.93. The number of amides is 1. The van der Waals surface area contributed by atoms with Crippen LogP contribution in [0.1, 0.15) is 15.9 Å². The van der Waals surface area contributed by atoms with E-state index in [4.69, 9.17) is 5.73 Å². The van der Waals surface area contributed by atoms with Crippen LogP contribution in [0.25, 0.3) is 10.1 Å². The number of carbonyl (C=O) groups is 1. The van der Waals surface area contributed by atoms with Crippen LogP contribution in [0.15, 0.2) is 51.6 Å². The zero-order valence-electron chi connectivity index (χ0n) is 12.0. The molecule has 4 nitrogen and oxygen atoms in total. The molecular formula is C16H12FNO3S2. The summed E-state index contributed by atoms with van der Waals surface area (Å²) in [6.45, 7) is 1.62. The number of rotatable bonds is 3. The molecule has 0 saturated heterocycles. The Morgan fingerprint density at radius 2 is 1.87 bits per heavy atom. The van der Waals surface area contributed by atoms with E-state index in [-0.39, 0.29) is 14.7 Å². The fraction of sp³-hybridized carbons (Fsp3) is 0.0625. The smallest absolute Gasteiger partial charge is 0.250 e. The summed E-state index contributed by atoms with van der Waals surface area (Å²) >= 11 is 1.05. The summed E-state index contributed by atoms with van der Waals surface area (Å²) in [5, 5.41) is 0.546. The molecule has 0 fully saturated rings. The monoisotopic (exact) mass is 349 g/mol. The predicted molar refractivity (Wildman–Crippen MR) is 86.9 cm³/mol. The van der Waals surface area contributed by atoms with E-state index >= 15 is 0 Å². The van der Waals surface area contributed by atoms with E-state index < -0.39 is 21.6 Å². The largest absolute Gasteiger partial charge is 0.366 e.